The summed E-state index contributed by atoms with van der Waals surface area (Å²) in [5.74, 6) is 7.51. The van der Waals surface area contributed by atoms with Gasteiger partial charge in [0.1, 0.15) is 5.82 Å². The molecule has 1 unspecified atom stereocenters. The van der Waals surface area contributed by atoms with Crippen molar-refractivity contribution in [3.8, 4) is 0 Å². The molecule has 0 amide bonds. The fraction of sp³-hybridized carbons (Fsp3) is 0.643. The van der Waals surface area contributed by atoms with Gasteiger partial charge in [0.15, 0.2) is 5.82 Å². The summed E-state index contributed by atoms with van der Waals surface area (Å²) in [6, 6.07) is 1.70. The Morgan fingerprint density at radius 3 is 2.85 bits per heavy atom. The molecule has 0 saturated carbocycles. The first kappa shape index (κ1) is 15.7. The highest BCUT2D eigenvalue weighted by Gasteiger charge is 2.20. The number of rotatable bonds is 4. The number of pyridine rings is 1. The average molecular weight is 317 g/mol. The quantitative estimate of drug-likeness (QED) is 0.649. The summed E-state index contributed by atoms with van der Waals surface area (Å²) < 4.78 is 0. The zero-order chi connectivity index (χ0) is 14.5. The van der Waals surface area contributed by atoms with Crippen LogP contribution in [0, 0.1) is 5.92 Å². The lowest BCUT2D eigenvalue weighted by molar-refractivity contribution is 0.435. The fourth-order valence-corrected chi connectivity index (χ4v) is 3.39. The number of halogens is 2. The smallest absolute Gasteiger partial charge is 0.161 e. The van der Waals surface area contributed by atoms with Gasteiger partial charge in [-0.25, -0.2) is 10.8 Å². The molecule has 0 aromatic carbocycles. The van der Waals surface area contributed by atoms with Crippen molar-refractivity contribution < 1.29 is 0 Å². The fourth-order valence-electron chi connectivity index (χ4n) is 2.85. The van der Waals surface area contributed by atoms with E-state index in [4.69, 9.17) is 29.0 Å². The van der Waals surface area contributed by atoms with Gasteiger partial charge in [-0.3, -0.25) is 0 Å². The summed E-state index contributed by atoms with van der Waals surface area (Å²) >= 11 is 12.3. The Balaban J connectivity index is 2.15. The SMILES string of the molecule is CCCC1CCCN(c2nc(NN)c(Cl)cc2Cl)CC1. The Kier molecular flexibility index (Phi) is 5.75. The van der Waals surface area contributed by atoms with Crippen LogP contribution in [0.2, 0.25) is 10.0 Å². The van der Waals surface area contributed by atoms with E-state index in [-0.39, 0.29) is 0 Å². The van der Waals surface area contributed by atoms with Gasteiger partial charge in [0.05, 0.1) is 10.0 Å². The second-order valence-corrected chi connectivity index (χ2v) is 6.16. The number of nitrogens with one attached hydrogen (secondary N) is 1. The maximum atomic E-state index is 6.29. The van der Waals surface area contributed by atoms with Crippen LogP contribution < -0.4 is 16.2 Å². The highest BCUT2D eigenvalue weighted by atomic mass is 35.5. The maximum absolute atomic E-state index is 6.29. The van der Waals surface area contributed by atoms with Crippen molar-refractivity contribution in [3.63, 3.8) is 0 Å². The van der Waals surface area contributed by atoms with E-state index in [1.165, 1.54) is 32.1 Å². The summed E-state index contributed by atoms with van der Waals surface area (Å²) in [4.78, 5) is 6.70. The van der Waals surface area contributed by atoms with Crippen LogP contribution in [0.5, 0.6) is 0 Å². The highest BCUT2D eigenvalue weighted by molar-refractivity contribution is 6.37. The molecular weight excluding hydrogens is 295 g/mol. The first-order valence-electron chi connectivity index (χ1n) is 7.23. The van der Waals surface area contributed by atoms with E-state index in [0.29, 0.717) is 15.9 Å². The molecular formula is C14H22Cl2N4. The molecule has 0 radical (unpaired) electrons. The minimum absolute atomic E-state index is 0.444. The Morgan fingerprint density at radius 1 is 1.35 bits per heavy atom. The van der Waals surface area contributed by atoms with Gasteiger partial charge in [-0.15, -0.1) is 0 Å². The van der Waals surface area contributed by atoms with E-state index >= 15 is 0 Å². The standard InChI is InChI=1S/C14H22Cl2N4/c1-2-4-10-5-3-7-20(8-6-10)14-12(16)9-11(15)13(18-14)19-17/h9-10H,2-8,17H2,1H3,(H,18,19). The Morgan fingerprint density at radius 2 is 2.15 bits per heavy atom. The van der Waals surface area contributed by atoms with Gasteiger partial charge in [-0.1, -0.05) is 43.0 Å². The molecule has 1 aromatic rings. The van der Waals surface area contributed by atoms with Gasteiger partial charge >= 0.3 is 0 Å². The van der Waals surface area contributed by atoms with Gasteiger partial charge in [0, 0.05) is 13.1 Å². The molecule has 112 valence electrons. The monoisotopic (exact) mass is 316 g/mol. The van der Waals surface area contributed by atoms with E-state index in [2.05, 4.69) is 22.2 Å². The molecule has 20 heavy (non-hydrogen) atoms. The van der Waals surface area contributed by atoms with Gasteiger partial charge in [-0.2, -0.15) is 0 Å². The average Bonchev–Trinajstić information content (AvgIpc) is 2.65. The van der Waals surface area contributed by atoms with Gasteiger partial charge in [0.25, 0.3) is 0 Å². The van der Waals surface area contributed by atoms with E-state index in [0.717, 1.165) is 24.8 Å². The number of nitrogens with two attached hydrogens (primary N) is 1. The lowest BCUT2D eigenvalue weighted by atomic mass is 9.96. The lowest BCUT2D eigenvalue weighted by Crippen LogP contribution is -2.26. The Bertz CT molecular complexity index is 453. The first-order chi connectivity index (χ1) is 9.65. The van der Waals surface area contributed by atoms with Crippen molar-refractivity contribution in [1.29, 1.82) is 0 Å². The Hall–Kier alpha value is -0.710. The van der Waals surface area contributed by atoms with Crippen molar-refractivity contribution in [2.75, 3.05) is 23.4 Å². The molecule has 0 aliphatic carbocycles. The molecule has 0 spiro atoms. The number of anilines is 2. The van der Waals surface area contributed by atoms with Gasteiger partial charge in [0.2, 0.25) is 0 Å². The number of nitrogens with zero attached hydrogens (tertiary/aromatic N) is 2. The molecule has 2 rings (SSSR count). The van der Waals surface area contributed by atoms with Crippen molar-refractivity contribution in [3.05, 3.63) is 16.1 Å². The minimum atomic E-state index is 0.444. The number of hydrogen-bond acceptors (Lipinski definition) is 4. The van der Waals surface area contributed by atoms with Crippen LogP contribution in [0.3, 0.4) is 0 Å². The number of hydrogen-bond donors (Lipinski definition) is 2. The zero-order valence-corrected chi connectivity index (χ0v) is 13.3. The molecule has 1 aliphatic rings. The van der Waals surface area contributed by atoms with Crippen LogP contribution in [0.1, 0.15) is 39.0 Å². The van der Waals surface area contributed by atoms with Crippen LogP contribution in [-0.2, 0) is 0 Å². The van der Waals surface area contributed by atoms with Crippen LogP contribution in [0.4, 0.5) is 11.6 Å². The van der Waals surface area contributed by atoms with Crippen LogP contribution in [0.15, 0.2) is 6.07 Å². The van der Waals surface area contributed by atoms with Crippen LogP contribution >= 0.6 is 23.2 Å². The second-order valence-electron chi connectivity index (χ2n) is 5.34. The van der Waals surface area contributed by atoms with E-state index in [1.54, 1.807) is 6.07 Å². The molecule has 2 heterocycles. The largest absolute Gasteiger partial charge is 0.355 e. The molecule has 1 aromatic heterocycles. The van der Waals surface area contributed by atoms with Crippen molar-refractivity contribution in [2.45, 2.75) is 39.0 Å². The van der Waals surface area contributed by atoms with Crippen molar-refractivity contribution in [1.82, 2.24) is 4.98 Å². The summed E-state index contributed by atoms with van der Waals surface area (Å²) in [7, 11) is 0. The molecule has 3 N–H and O–H groups in total. The predicted molar refractivity (Wildman–Crippen MR) is 86.5 cm³/mol. The van der Waals surface area contributed by atoms with E-state index in [9.17, 15) is 0 Å². The second kappa shape index (κ2) is 7.34. The third-order valence-electron chi connectivity index (χ3n) is 3.89. The van der Waals surface area contributed by atoms with Gasteiger partial charge < -0.3 is 10.3 Å². The molecule has 1 saturated heterocycles. The molecule has 1 atom stereocenters. The zero-order valence-electron chi connectivity index (χ0n) is 11.8. The molecule has 1 fully saturated rings. The third kappa shape index (κ3) is 3.68. The van der Waals surface area contributed by atoms with Gasteiger partial charge in [-0.05, 0) is 31.2 Å². The summed E-state index contributed by atoms with van der Waals surface area (Å²) in [5, 5.41) is 1.03. The third-order valence-corrected chi connectivity index (χ3v) is 4.46. The van der Waals surface area contributed by atoms with Crippen molar-refractivity contribution >= 4 is 34.8 Å². The molecule has 1 aliphatic heterocycles. The Labute approximate surface area is 130 Å². The molecule has 6 heteroatoms. The lowest BCUT2D eigenvalue weighted by Gasteiger charge is -2.23. The van der Waals surface area contributed by atoms with E-state index < -0.39 is 0 Å². The number of aromatic nitrogens is 1. The minimum Gasteiger partial charge on any atom is -0.355 e. The summed E-state index contributed by atoms with van der Waals surface area (Å²) in [6.07, 6.45) is 6.23. The predicted octanol–water partition coefficient (Wildman–Crippen LogP) is 4.08. The van der Waals surface area contributed by atoms with Crippen molar-refractivity contribution in [2.24, 2.45) is 11.8 Å². The highest BCUT2D eigenvalue weighted by Crippen LogP contribution is 2.33. The van der Waals surface area contributed by atoms with E-state index in [1.807, 2.05) is 0 Å². The topological polar surface area (TPSA) is 54.2 Å². The first-order valence-corrected chi connectivity index (χ1v) is 7.99. The number of hydrazine groups is 1. The molecule has 0 bridgehead atoms. The molecule has 4 nitrogen and oxygen atoms in total. The maximum Gasteiger partial charge on any atom is 0.161 e. The summed E-state index contributed by atoms with van der Waals surface area (Å²) in [6.45, 7) is 4.22. The van der Waals surface area contributed by atoms with Crippen LogP contribution in [0.25, 0.3) is 0 Å². The normalized spacial score (nSPS) is 19.8. The van der Waals surface area contributed by atoms with Crippen LogP contribution in [-0.4, -0.2) is 18.1 Å². The number of nitrogen functional groups attached to an aromatic ring is 1. The summed E-state index contributed by atoms with van der Waals surface area (Å²) in [5.41, 5.74) is 2.52.